The van der Waals surface area contributed by atoms with E-state index in [1.54, 1.807) is 29.9 Å². The van der Waals surface area contributed by atoms with Crippen molar-refractivity contribution in [3.05, 3.63) is 83.9 Å². The minimum atomic E-state index is -0.168. The molecular formula is C23H22N4O3. The van der Waals surface area contributed by atoms with Gasteiger partial charge in [0.15, 0.2) is 0 Å². The first kappa shape index (κ1) is 19.4. The largest absolute Gasteiger partial charge is 0.496 e. The maximum absolute atomic E-state index is 13.4. The quantitative estimate of drug-likeness (QED) is 0.485. The van der Waals surface area contributed by atoms with Crippen LogP contribution in [-0.2, 0) is 6.54 Å². The molecule has 0 N–H and O–H groups in total. The van der Waals surface area contributed by atoms with Gasteiger partial charge in [0.05, 0.1) is 24.9 Å². The molecule has 0 saturated carbocycles. The Labute approximate surface area is 174 Å². The van der Waals surface area contributed by atoms with Crippen LogP contribution in [0, 0.1) is 6.92 Å². The van der Waals surface area contributed by atoms with Crippen LogP contribution in [0.5, 0.6) is 5.75 Å². The number of ether oxygens (including phenoxy) is 1. The first-order chi connectivity index (χ1) is 14.6. The Kier molecular flexibility index (Phi) is 5.34. The fourth-order valence-corrected chi connectivity index (χ4v) is 3.30. The van der Waals surface area contributed by atoms with Gasteiger partial charge in [0.2, 0.25) is 0 Å². The zero-order valence-electron chi connectivity index (χ0n) is 17.1. The predicted molar refractivity (Wildman–Crippen MR) is 113 cm³/mol. The van der Waals surface area contributed by atoms with Gasteiger partial charge in [-0.05, 0) is 31.2 Å². The number of carbonyl (C=O) groups excluding carboxylic acids is 1. The summed E-state index contributed by atoms with van der Waals surface area (Å²) in [6.45, 7) is 2.15. The standard InChI is InChI=1S/C23H22N4O3/c1-16-13-17(25-30-16)14-26(2)23(28)20-15-27(18-9-5-4-6-10-18)24-22(20)19-11-7-8-12-21(19)29-3/h4-13,15H,14H2,1-3H3. The van der Waals surface area contributed by atoms with Gasteiger partial charge in [-0.15, -0.1) is 0 Å². The molecule has 7 nitrogen and oxygen atoms in total. The number of benzene rings is 2. The summed E-state index contributed by atoms with van der Waals surface area (Å²) < 4.78 is 12.3. The fraction of sp³-hybridized carbons (Fsp3) is 0.174. The molecule has 152 valence electrons. The number of methoxy groups -OCH3 is 1. The average Bonchev–Trinajstić information content (AvgIpc) is 3.40. The Morgan fingerprint density at radius 1 is 1.13 bits per heavy atom. The first-order valence-corrected chi connectivity index (χ1v) is 9.53. The van der Waals surface area contributed by atoms with Gasteiger partial charge in [0.25, 0.3) is 5.91 Å². The summed E-state index contributed by atoms with van der Waals surface area (Å²) in [6, 6.07) is 19.0. The molecule has 0 aliphatic rings. The molecule has 4 aromatic rings. The lowest BCUT2D eigenvalue weighted by Crippen LogP contribution is -2.26. The maximum Gasteiger partial charge on any atom is 0.257 e. The second-order valence-electron chi connectivity index (χ2n) is 6.96. The van der Waals surface area contributed by atoms with Crippen molar-refractivity contribution in [3.8, 4) is 22.7 Å². The summed E-state index contributed by atoms with van der Waals surface area (Å²) in [6.07, 6.45) is 1.75. The third kappa shape index (κ3) is 3.82. The lowest BCUT2D eigenvalue weighted by atomic mass is 10.1. The minimum Gasteiger partial charge on any atom is -0.496 e. The molecule has 30 heavy (non-hydrogen) atoms. The maximum atomic E-state index is 13.4. The molecule has 2 aromatic carbocycles. The van der Waals surface area contributed by atoms with Gasteiger partial charge in [-0.1, -0.05) is 35.5 Å². The number of nitrogens with zero attached hydrogens (tertiary/aromatic N) is 4. The highest BCUT2D eigenvalue weighted by Crippen LogP contribution is 2.32. The number of aromatic nitrogens is 3. The molecule has 0 aliphatic heterocycles. The molecule has 0 unspecified atom stereocenters. The number of hydrogen-bond donors (Lipinski definition) is 0. The highest BCUT2D eigenvalue weighted by molar-refractivity contribution is 6.00. The minimum absolute atomic E-state index is 0.168. The van der Waals surface area contributed by atoms with Crippen LogP contribution in [0.2, 0.25) is 0 Å². The predicted octanol–water partition coefficient (Wildman–Crippen LogP) is 4.12. The molecule has 1 amide bonds. The van der Waals surface area contributed by atoms with Crippen molar-refractivity contribution in [3.63, 3.8) is 0 Å². The fourth-order valence-electron chi connectivity index (χ4n) is 3.30. The molecule has 0 fully saturated rings. The first-order valence-electron chi connectivity index (χ1n) is 9.53. The zero-order chi connectivity index (χ0) is 21.1. The van der Waals surface area contributed by atoms with E-state index in [1.807, 2.05) is 67.6 Å². The Balaban J connectivity index is 1.77. The van der Waals surface area contributed by atoms with Crippen molar-refractivity contribution in [2.24, 2.45) is 0 Å². The second kappa shape index (κ2) is 8.24. The summed E-state index contributed by atoms with van der Waals surface area (Å²) in [4.78, 5) is 15.0. The normalized spacial score (nSPS) is 10.8. The Bertz CT molecular complexity index is 1160. The van der Waals surface area contributed by atoms with E-state index in [4.69, 9.17) is 14.4 Å². The highest BCUT2D eigenvalue weighted by atomic mass is 16.5. The van der Waals surface area contributed by atoms with E-state index in [0.29, 0.717) is 35.0 Å². The smallest absolute Gasteiger partial charge is 0.257 e. The van der Waals surface area contributed by atoms with Gasteiger partial charge in [0.1, 0.15) is 22.9 Å². The topological polar surface area (TPSA) is 73.4 Å². The van der Waals surface area contributed by atoms with E-state index in [0.717, 1.165) is 11.3 Å². The van der Waals surface area contributed by atoms with Crippen molar-refractivity contribution in [2.75, 3.05) is 14.2 Å². The zero-order valence-corrected chi connectivity index (χ0v) is 17.1. The Morgan fingerprint density at radius 3 is 2.57 bits per heavy atom. The number of carbonyl (C=O) groups is 1. The molecule has 4 rings (SSSR count). The van der Waals surface area contributed by atoms with Gasteiger partial charge in [0, 0.05) is 24.9 Å². The monoisotopic (exact) mass is 402 g/mol. The molecule has 0 spiro atoms. The molecule has 7 heteroatoms. The summed E-state index contributed by atoms with van der Waals surface area (Å²) >= 11 is 0. The summed E-state index contributed by atoms with van der Waals surface area (Å²) in [5.41, 5.74) is 3.35. The SMILES string of the molecule is COc1ccccc1-c1nn(-c2ccccc2)cc1C(=O)N(C)Cc1cc(C)on1. The van der Waals surface area contributed by atoms with Crippen molar-refractivity contribution >= 4 is 5.91 Å². The van der Waals surface area contributed by atoms with Gasteiger partial charge >= 0.3 is 0 Å². The summed E-state index contributed by atoms with van der Waals surface area (Å²) in [5.74, 6) is 1.19. The van der Waals surface area contributed by atoms with Crippen LogP contribution in [0.25, 0.3) is 16.9 Å². The molecule has 2 aromatic heterocycles. The van der Waals surface area contributed by atoms with Crippen LogP contribution in [0.1, 0.15) is 21.8 Å². The lowest BCUT2D eigenvalue weighted by molar-refractivity contribution is 0.0783. The molecule has 0 saturated heterocycles. The van der Waals surface area contributed by atoms with Crippen LogP contribution in [0.4, 0.5) is 0 Å². The van der Waals surface area contributed by atoms with Gasteiger partial charge in [-0.25, -0.2) is 4.68 Å². The summed E-state index contributed by atoms with van der Waals surface area (Å²) in [5, 5.41) is 8.71. The van der Waals surface area contributed by atoms with Gasteiger partial charge < -0.3 is 14.2 Å². The van der Waals surface area contributed by atoms with Crippen molar-refractivity contribution in [2.45, 2.75) is 13.5 Å². The Hall–Kier alpha value is -3.87. The second-order valence-corrected chi connectivity index (χ2v) is 6.96. The molecule has 0 aliphatic carbocycles. The Morgan fingerprint density at radius 2 is 1.87 bits per heavy atom. The molecule has 0 bridgehead atoms. The van der Waals surface area contributed by atoms with E-state index in [-0.39, 0.29) is 5.91 Å². The van der Waals surface area contributed by atoms with E-state index in [2.05, 4.69) is 5.16 Å². The number of aryl methyl sites for hydroxylation is 1. The van der Waals surface area contributed by atoms with Crippen LogP contribution >= 0.6 is 0 Å². The van der Waals surface area contributed by atoms with Crippen LogP contribution in [0.3, 0.4) is 0 Å². The van der Waals surface area contributed by atoms with Crippen molar-refractivity contribution in [1.29, 1.82) is 0 Å². The number of hydrogen-bond acceptors (Lipinski definition) is 5. The third-order valence-electron chi connectivity index (χ3n) is 4.75. The van der Waals surface area contributed by atoms with E-state index in [9.17, 15) is 4.79 Å². The van der Waals surface area contributed by atoms with Crippen LogP contribution < -0.4 is 4.74 Å². The number of para-hydroxylation sites is 2. The molecule has 0 radical (unpaired) electrons. The van der Waals surface area contributed by atoms with E-state index < -0.39 is 0 Å². The van der Waals surface area contributed by atoms with E-state index in [1.165, 1.54) is 0 Å². The van der Waals surface area contributed by atoms with Gasteiger partial charge in [-0.2, -0.15) is 5.10 Å². The van der Waals surface area contributed by atoms with Crippen molar-refractivity contribution < 1.29 is 14.1 Å². The number of rotatable bonds is 6. The van der Waals surface area contributed by atoms with Crippen molar-refractivity contribution in [1.82, 2.24) is 19.8 Å². The van der Waals surface area contributed by atoms with Crippen LogP contribution in [-0.4, -0.2) is 39.9 Å². The highest BCUT2D eigenvalue weighted by Gasteiger charge is 2.24. The van der Waals surface area contributed by atoms with E-state index >= 15 is 0 Å². The van der Waals surface area contributed by atoms with Crippen LogP contribution in [0.15, 0.2) is 71.4 Å². The van der Waals surface area contributed by atoms with Gasteiger partial charge in [-0.3, -0.25) is 4.79 Å². The molecule has 0 atom stereocenters. The summed E-state index contributed by atoms with van der Waals surface area (Å²) in [7, 11) is 3.34. The molecular weight excluding hydrogens is 380 g/mol. The average molecular weight is 402 g/mol. The third-order valence-corrected chi connectivity index (χ3v) is 4.75. The molecule has 2 heterocycles. The number of amides is 1. The lowest BCUT2D eigenvalue weighted by Gasteiger charge is -2.15.